The molecular formula is C14H24N2O2. The average Bonchev–Trinajstić information content (AvgIpc) is 2.38. The summed E-state index contributed by atoms with van der Waals surface area (Å²) in [6, 6.07) is -0.305. The van der Waals surface area contributed by atoms with Gasteiger partial charge in [0.2, 0.25) is 11.8 Å². The number of carbonyl (C=O) groups is 2. The lowest BCUT2D eigenvalue weighted by Gasteiger charge is -2.43. The molecular weight excluding hydrogens is 228 g/mol. The molecule has 0 spiro atoms. The zero-order chi connectivity index (χ0) is 13.1. The van der Waals surface area contributed by atoms with E-state index in [1.54, 1.807) is 0 Å². The maximum atomic E-state index is 12.5. The second kappa shape index (κ2) is 5.72. The minimum atomic E-state index is -0.297. The van der Waals surface area contributed by atoms with E-state index >= 15 is 0 Å². The highest BCUT2D eigenvalue weighted by Gasteiger charge is 2.41. The van der Waals surface area contributed by atoms with Crippen LogP contribution < -0.4 is 5.32 Å². The monoisotopic (exact) mass is 252 g/mol. The molecule has 2 amide bonds. The van der Waals surface area contributed by atoms with Crippen molar-refractivity contribution in [3.63, 3.8) is 0 Å². The van der Waals surface area contributed by atoms with Gasteiger partial charge in [-0.1, -0.05) is 32.6 Å². The van der Waals surface area contributed by atoms with Crippen LogP contribution in [0, 0.1) is 0 Å². The zero-order valence-electron chi connectivity index (χ0n) is 11.4. The predicted molar refractivity (Wildman–Crippen MR) is 70.0 cm³/mol. The first kappa shape index (κ1) is 13.4. The van der Waals surface area contributed by atoms with E-state index in [9.17, 15) is 9.59 Å². The van der Waals surface area contributed by atoms with Gasteiger partial charge in [0.05, 0.1) is 0 Å². The number of nitrogens with zero attached hydrogens (tertiary/aromatic N) is 1. The summed E-state index contributed by atoms with van der Waals surface area (Å²) in [4.78, 5) is 26.3. The Morgan fingerprint density at radius 1 is 1.22 bits per heavy atom. The Morgan fingerprint density at radius 2 is 1.89 bits per heavy atom. The molecule has 0 bridgehead atoms. The Morgan fingerprint density at radius 3 is 2.50 bits per heavy atom. The zero-order valence-corrected chi connectivity index (χ0v) is 11.4. The van der Waals surface area contributed by atoms with E-state index in [1.807, 2.05) is 18.7 Å². The van der Waals surface area contributed by atoms with E-state index in [-0.39, 0.29) is 29.9 Å². The fourth-order valence-electron chi connectivity index (χ4n) is 3.19. The Labute approximate surface area is 109 Å². The Balaban J connectivity index is 2.13. The molecule has 1 N–H and O–H groups in total. The number of amides is 2. The van der Waals surface area contributed by atoms with Crippen LogP contribution in [0.2, 0.25) is 0 Å². The van der Waals surface area contributed by atoms with Gasteiger partial charge < -0.3 is 10.2 Å². The summed E-state index contributed by atoms with van der Waals surface area (Å²) in [5, 5.41) is 2.86. The molecule has 2 rings (SSSR count). The lowest BCUT2D eigenvalue weighted by atomic mass is 9.91. The van der Waals surface area contributed by atoms with Gasteiger partial charge >= 0.3 is 0 Å². The van der Waals surface area contributed by atoms with Crippen LogP contribution in [-0.2, 0) is 9.59 Å². The van der Waals surface area contributed by atoms with Gasteiger partial charge in [0, 0.05) is 6.04 Å². The summed E-state index contributed by atoms with van der Waals surface area (Å²) in [7, 11) is 0. The first-order chi connectivity index (χ1) is 8.65. The molecule has 102 valence electrons. The Kier molecular flexibility index (Phi) is 4.25. The van der Waals surface area contributed by atoms with Crippen LogP contribution in [0.25, 0.3) is 0 Å². The van der Waals surface area contributed by atoms with Crippen molar-refractivity contribution in [1.82, 2.24) is 10.2 Å². The van der Waals surface area contributed by atoms with Crippen LogP contribution in [0.5, 0.6) is 0 Å². The second-order valence-corrected chi connectivity index (χ2v) is 5.56. The molecule has 0 aromatic heterocycles. The van der Waals surface area contributed by atoms with Gasteiger partial charge in [-0.3, -0.25) is 9.59 Å². The predicted octanol–water partition coefficient (Wildman–Crippen LogP) is 1.83. The largest absolute Gasteiger partial charge is 0.343 e. The summed E-state index contributed by atoms with van der Waals surface area (Å²) in [6.07, 6.45) is 7.41. The van der Waals surface area contributed by atoms with E-state index in [0.717, 1.165) is 25.7 Å². The normalized spacial score (nSPS) is 30.4. The van der Waals surface area contributed by atoms with E-state index in [2.05, 4.69) is 5.32 Å². The summed E-state index contributed by atoms with van der Waals surface area (Å²) in [5.74, 6) is 0.148. The lowest BCUT2D eigenvalue weighted by molar-refractivity contribution is -0.152. The van der Waals surface area contributed by atoms with Crippen LogP contribution in [0.3, 0.4) is 0 Å². The summed E-state index contributed by atoms with van der Waals surface area (Å²) in [5.41, 5.74) is 0. The van der Waals surface area contributed by atoms with Gasteiger partial charge in [-0.25, -0.2) is 0 Å². The summed E-state index contributed by atoms with van der Waals surface area (Å²) in [6.45, 7) is 3.90. The molecule has 0 aromatic rings. The molecule has 4 heteroatoms. The molecule has 1 heterocycles. The van der Waals surface area contributed by atoms with Crippen LogP contribution >= 0.6 is 0 Å². The van der Waals surface area contributed by atoms with Crippen LogP contribution in [-0.4, -0.2) is 34.8 Å². The Bertz CT molecular complexity index is 324. The quantitative estimate of drug-likeness (QED) is 0.833. The molecule has 0 aromatic carbocycles. The lowest BCUT2D eigenvalue weighted by Crippen LogP contribution is -2.65. The second-order valence-electron chi connectivity index (χ2n) is 5.56. The third-order valence-electron chi connectivity index (χ3n) is 4.21. The van der Waals surface area contributed by atoms with Crippen molar-refractivity contribution in [2.75, 3.05) is 0 Å². The maximum absolute atomic E-state index is 12.5. The van der Waals surface area contributed by atoms with Gasteiger partial charge in [0.25, 0.3) is 0 Å². The van der Waals surface area contributed by atoms with Crippen molar-refractivity contribution in [2.24, 2.45) is 0 Å². The molecule has 1 aliphatic carbocycles. The van der Waals surface area contributed by atoms with Gasteiger partial charge in [-0.2, -0.15) is 0 Å². The summed E-state index contributed by atoms with van der Waals surface area (Å²) >= 11 is 0. The molecule has 1 saturated carbocycles. The van der Waals surface area contributed by atoms with Crippen LogP contribution in [0.4, 0.5) is 0 Å². The number of nitrogens with one attached hydrogen (secondary N) is 1. The molecule has 2 atom stereocenters. The maximum Gasteiger partial charge on any atom is 0.246 e. The molecule has 4 nitrogen and oxygen atoms in total. The van der Waals surface area contributed by atoms with Crippen LogP contribution in [0.15, 0.2) is 0 Å². The highest BCUT2D eigenvalue weighted by atomic mass is 16.2. The Hall–Kier alpha value is -1.06. The van der Waals surface area contributed by atoms with E-state index in [1.165, 1.54) is 19.3 Å². The molecule has 1 saturated heterocycles. The average molecular weight is 252 g/mol. The first-order valence-electron chi connectivity index (χ1n) is 7.27. The molecule has 2 unspecified atom stereocenters. The minimum absolute atomic E-state index is 0.0126. The fourth-order valence-corrected chi connectivity index (χ4v) is 3.19. The molecule has 18 heavy (non-hydrogen) atoms. The topological polar surface area (TPSA) is 49.4 Å². The molecule has 0 radical (unpaired) electrons. The highest BCUT2D eigenvalue weighted by molar-refractivity contribution is 5.96. The number of carbonyl (C=O) groups excluding carboxylic acids is 2. The van der Waals surface area contributed by atoms with Crippen molar-refractivity contribution < 1.29 is 9.59 Å². The van der Waals surface area contributed by atoms with Crippen molar-refractivity contribution in [1.29, 1.82) is 0 Å². The summed E-state index contributed by atoms with van der Waals surface area (Å²) < 4.78 is 0. The highest BCUT2D eigenvalue weighted by Crippen LogP contribution is 2.27. The molecule has 2 fully saturated rings. The van der Waals surface area contributed by atoms with Gasteiger partial charge in [0.1, 0.15) is 12.1 Å². The SMILES string of the molecule is CCCC1NC(=O)C(C)N(C2CCCCC2)C1=O. The fraction of sp³-hybridized carbons (Fsp3) is 0.857. The van der Waals surface area contributed by atoms with Crippen molar-refractivity contribution in [3.8, 4) is 0 Å². The van der Waals surface area contributed by atoms with Gasteiger partial charge in [-0.15, -0.1) is 0 Å². The van der Waals surface area contributed by atoms with E-state index in [4.69, 9.17) is 0 Å². The van der Waals surface area contributed by atoms with Crippen molar-refractivity contribution in [2.45, 2.75) is 76.9 Å². The number of hydrogen-bond acceptors (Lipinski definition) is 2. The third-order valence-corrected chi connectivity index (χ3v) is 4.21. The third kappa shape index (κ3) is 2.52. The molecule has 1 aliphatic heterocycles. The number of piperazine rings is 1. The smallest absolute Gasteiger partial charge is 0.246 e. The van der Waals surface area contributed by atoms with Gasteiger partial charge in [-0.05, 0) is 26.2 Å². The first-order valence-corrected chi connectivity index (χ1v) is 7.27. The van der Waals surface area contributed by atoms with Crippen molar-refractivity contribution >= 4 is 11.8 Å². The van der Waals surface area contributed by atoms with E-state index < -0.39 is 0 Å². The standard InChI is InChI=1S/C14H24N2O2/c1-3-7-12-14(18)16(10(2)13(17)15-12)11-8-5-4-6-9-11/h10-12H,3-9H2,1-2H3,(H,15,17). The van der Waals surface area contributed by atoms with Gasteiger partial charge in [0.15, 0.2) is 0 Å². The molecule has 2 aliphatic rings. The number of rotatable bonds is 3. The minimum Gasteiger partial charge on any atom is -0.343 e. The van der Waals surface area contributed by atoms with Crippen molar-refractivity contribution in [3.05, 3.63) is 0 Å². The van der Waals surface area contributed by atoms with E-state index in [0.29, 0.717) is 0 Å². The van der Waals surface area contributed by atoms with Crippen LogP contribution in [0.1, 0.15) is 58.8 Å². The number of hydrogen-bond donors (Lipinski definition) is 1.